The van der Waals surface area contributed by atoms with Gasteiger partial charge in [0.2, 0.25) is 0 Å². The van der Waals surface area contributed by atoms with Crippen LogP contribution in [0.25, 0.3) is 0 Å². The smallest absolute Gasteiger partial charge is 0.330 e. The van der Waals surface area contributed by atoms with E-state index < -0.39 is 40.9 Å². The number of nitrogens with one attached hydrogen (secondary N) is 1. The van der Waals surface area contributed by atoms with Crippen molar-refractivity contribution >= 4 is 0 Å². The zero-order valence-corrected chi connectivity index (χ0v) is 17.2. The second kappa shape index (κ2) is 8.78. The van der Waals surface area contributed by atoms with Gasteiger partial charge in [-0.15, -0.1) is 10.1 Å². The van der Waals surface area contributed by atoms with Gasteiger partial charge in [0.15, 0.2) is 17.2 Å². The van der Waals surface area contributed by atoms with Crippen LogP contribution in [0.5, 0.6) is 11.5 Å². The van der Waals surface area contributed by atoms with Crippen LogP contribution in [-0.2, 0) is 21.7 Å². The zero-order chi connectivity index (χ0) is 22.8. The summed E-state index contributed by atoms with van der Waals surface area (Å²) < 4.78 is 17.7. The maximum absolute atomic E-state index is 12.7. The molecule has 1 aliphatic rings. The number of ether oxygens (including phenoxy) is 3. The Morgan fingerprint density at radius 1 is 1.32 bits per heavy atom. The maximum atomic E-state index is 12.7. The third-order valence-corrected chi connectivity index (χ3v) is 5.19. The Labute approximate surface area is 176 Å². The van der Waals surface area contributed by atoms with E-state index in [0.29, 0.717) is 17.1 Å². The summed E-state index contributed by atoms with van der Waals surface area (Å²) in [6.07, 6.45) is -0.930. The molecular weight excluding hydrogens is 414 g/mol. The highest BCUT2D eigenvalue weighted by molar-refractivity contribution is 5.43. The molecule has 1 aromatic carbocycles. The quantitative estimate of drug-likeness (QED) is 0.432. The number of aliphatic hydroxyl groups excluding tert-OH is 1. The fraction of sp³-hybridized carbons (Fsp3) is 0.474. The van der Waals surface area contributed by atoms with Gasteiger partial charge in [0, 0.05) is 24.6 Å². The van der Waals surface area contributed by atoms with E-state index in [1.165, 1.54) is 31.9 Å². The molecule has 1 saturated heterocycles. The van der Waals surface area contributed by atoms with Gasteiger partial charge in [-0.2, -0.15) is 0 Å². The fourth-order valence-electron chi connectivity index (χ4n) is 3.76. The molecule has 0 saturated carbocycles. The Balaban J connectivity index is 2.12. The van der Waals surface area contributed by atoms with Crippen molar-refractivity contribution in [3.05, 3.63) is 66.5 Å². The molecule has 1 fully saturated rings. The van der Waals surface area contributed by atoms with E-state index in [0.717, 1.165) is 0 Å². The molecule has 168 valence electrons. The molecule has 0 amide bonds. The topological polar surface area (TPSA) is 155 Å². The average molecular weight is 437 g/mol. The molecule has 0 unspecified atom stereocenters. The highest BCUT2D eigenvalue weighted by atomic mass is 17.0. The molecule has 2 N–H and O–H groups in total. The third kappa shape index (κ3) is 4.39. The van der Waals surface area contributed by atoms with Gasteiger partial charge in [-0.05, 0) is 24.6 Å². The van der Waals surface area contributed by atoms with Crippen molar-refractivity contribution in [2.45, 2.75) is 37.7 Å². The first kappa shape index (κ1) is 22.3. The van der Waals surface area contributed by atoms with Crippen molar-refractivity contribution in [3.8, 4) is 11.5 Å². The molecule has 31 heavy (non-hydrogen) atoms. The van der Waals surface area contributed by atoms with Gasteiger partial charge in [-0.25, -0.2) is 4.79 Å². The van der Waals surface area contributed by atoms with E-state index >= 15 is 0 Å². The summed E-state index contributed by atoms with van der Waals surface area (Å²) in [7, 11) is 2.97. The van der Waals surface area contributed by atoms with Gasteiger partial charge < -0.3 is 24.2 Å². The predicted octanol–water partition coefficient (Wildman–Crippen LogP) is 0.116. The molecule has 0 aliphatic carbocycles. The largest absolute Gasteiger partial charge is 0.493 e. The lowest BCUT2D eigenvalue weighted by Gasteiger charge is -2.31. The standard InChI is InChI=1S/C19H23N3O9/c1-11-9-21(18(25)20-17(11)24)19(8-15(31-22(26)27)16(10-23)30-19)7-12-4-5-13(28-2)14(6-12)29-3/h4-6,9,15-16,23H,7-8,10H2,1-3H3,(H,20,24,25)/t15-,16+,19+/m0/s1. The van der Waals surface area contributed by atoms with Crippen molar-refractivity contribution in [2.24, 2.45) is 0 Å². The number of aryl methyl sites for hydroxylation is 1. The van der Waals surface area contributed by atoms with Crippen LogP contribution in [0.1, 0.15) is 17.5 Å². The first-order valence-corrected chi connectivity index (χ1v) is 9.37. The van der Waals surface area contributed by atoms with E-state index in [1.54, 1.807) is 18.2 Å². The number of nitrogens with zero attached hydrogens (tertiary/aromatic N) is 2. The van der Waals surface area contributed by atoms with E-state index in [2.05, 4.69) is 4.98 Å². The Morgan fingerprint density at radius 2 is 2.03 bits per heavy atom. The lowest BCUT2D eigenvalue weighted by atomic mass is 9.97. The van der Waals surface area contributed by atoms with Crippen LogP contribution in [0.15, 0.2) is 34.0 Å². The van der Waals surface area contributed by atoms with Gasteiger partial charge in [0.05, 0.1) is 20.8 Å². The molecule has 1 aromatic heterocycles. The van der Waals surface area contributed by atoms with E-state index in [-0.39, 0.29) is 18.4 Å². The molecule has 0 radical (unpaired) electrons. The third-order valence-electron chi connectivity index (χ3n) is 5.19. The van der Waals surface area contributed by atoms with Gasteiger partial charge >= 0.3 is 5.69 Å². The molecule has 2 aromatic rings. The Kier molecular flexibility index (Phi) is 6.32. The zero-order valence-electron chi connectivity index (χ0n) is 17.2. The molecule has 3 atom stereocenters. The first-order valence-electron chi connectivity index (χ1n) is 9.37. The summed E-state index contributed by atoms with van der Waals surface area (Å²) in [5.41, 5.74) is -1.88. The van der Waals surface area contributed by atoms with Crippen LogP contribution in [0.3, 0.4) is 0 Å². The lowest BCUT2D eigenvalue weighted by molar-refractivity contribution is -0.769. The summed E-state index contributed by atoms with van der Waals surface area (Å²) in [4.78, 5) is 42.4. The lowest BCUT2D eigenvalue weighted by Crippen LogP contribution is -2.46. The van der Waals surface area contributed by atoms with Crippen LogP contribution < -0.4 is 20.7 Å². The SMILES string of the molecule is COc1ccc(C[C@]2(n3cc(C)c(=O)[nH]c3=O)C[C@H](O[N+](=O)[O-])[C@@H](CO)O2)cc1OC. The minimum absolute atomic E-state index is 0.0623. The van der Waals surface area contributed by atoms with Crippen molar-refractivity contribution in [3.63, 3.8) is 0 Å². The number of aromatic amines is 1. The number of aliphatic hydroxyl groups is 1. The van der Waals surface area contributed by atoms with Crippen LogP contribution in [0, 0.1) is 17.0 Å². The van der Waals surface area contributed by atoms with E-state index in [4.69, 9.17) is 19.0 Å². The second-order valence-electron chi connectivity index (χ2n) is 7.16. The predicted molar refractivity (Wildman–Crippen MR) is 106 cm³/mol. The van der Waals surface area contributed by atoms with E-state index in [1.807, 2.05) is 0 Å². The number of benzene rings is 1. The minimum atomic E-state index is -1.47. The van der Waals surface area contributed by atoms with Gasteiger partial charge in [0.25, 0.3) is 10.6 Å². The minimum Gasteiger partial charge on any atom is -0.493 e. The summed E-state index contributed by atoms with van der Waals surface area (Å²) >= 11 is 0. The van der Waals surface area contributed by atoms with Crippen LogP contribution in [0.2, 0.25) is 0 Å². The summed E-state index contributed by atoms with van der Waals surface area (Å²) in [6.45, 7) is 0.950. The fourth-order valence-corrected chi connectivity index (χ4v) is 3.76. The normalized spacial score (nSPS) is 22.8. The molecule has 1 aliphatic heterocycles. The second-order valence-corrected chi connectivity index (χ2v) is 7.16. The molecule has 0 bridgehead atoms. The number of methoxy groups -OCH3 is 2. The van der Waals surface area contributed by atoms with Crippen LogP contribution in [-0.4, -0.2) is 52.8 Å². The highest BCUT2D eigenvalue weighted by Gasteiger charge is 2.50. The summed E-state index contributed by atoms with van der Waals surface area (Å²) in [6, 6.07) is 5.08. The Hall–Kier alpha value is -3.38. The van der Waals surface area contributed by atoms with E-state index in [9.17, 15) is 24.8 Å². The van der Waals surface area contributed by atoms with Crippen molar-refractivity contribution in [1.29, 1.82) is 0 Å². The first-order chi connectivity index (χ1) is 14.7. The van der Waals surface area contributed by atoms with Gasteiger partial charge in [0.1, 0.15) is 12.2 Å². The summed E-state index contributed by atoms with van der Waals surface area (Å²) in [5.74, 6) is 0.933. The molecular formula is C19H23N3O9. The summed E-state index contributed by atoms with van der Waals surface area (Å²) in [5, 5.41) is 19.7. The maximum Gasteiger partial charge on any atom is 0.330 e. The monoisotopic (exact) mass is 437 g/mol. The number of aromatic nitrogens is 2. The number of rotatable bonds is 8. The number of hydrogen-bond acceptors (Lipinski definition) is 9. The number of H-pyrrole nitrogens is 1. The Morgan fingerprint density at radius 3 is 2.65 bits per heavy atom. The highest BCUT2D eigenvalue weighted by Crippen LogP contribution is 2.40. The average Bonchev–Trinajstić information content (AvgIpc) is 3.07. The van der Waals surface area contributed by atoms with Gasteiger partial charge in [-0.3, -0.25) is 14.3 Å². The van der Waals surface area contributed by atoms with Gasteiger partial charge in [-0.1, -0.05) is 6.07 Å². The molecule has 12 nitrogen and oxygen atoms in total. The Bertz CT molecular complexity index is 1080. The van der Waals surface area contributed by atoms with Crippen LogP contribution >= 0.6 is 0 Å². The number of hydrogen-bond donors (Lipinski definition) is 2. The molecule has 12 heteroatoms. The molecule has 2 heterocycles. The van der Waals surface area contributed by atoms with Crippen LogP contribution in [0.4, 0.5) is 0 Å². The molecule has 3 rings (SSSR count). The van der Waals surface area contributed by atoms with Crippen molar-refractivity contribution in [2.75, 3.05) is 20.8 Å². The van der Waals surface area contributed by atoms with Crippen molar-refractivity contribution in [1.82, 2.24) is 9.55 Å². The molecule has 0 spiro atoms. The van der Waals surface area contributed by atoms with Crippen molar-refractivity contribution < 1.29 is 29.2 Å².